The first-order valence-corrected chi connectivity index (χ1v) is 4.57. The van der Waals surface area contributed by atoms with Crippen molar-refractivity contribution >= 4 is 0 Å². The number of rotatable bonds is 4. The van der Waals surface area contributed by atoms with Crippen molar-refractivity contribution in [3.05, 3.63) is 17.5 Å². The molecule has 0 radical (unpaired) electrons. The zero-order valence-electron chi connectivity index (χ0n) is 7.88. The maximum absolute atomic E-state index is 5.47. The SMILES string of the molecule is CCc1cc(CC)n(CCN)n1. The van der Waals surface area contributed by atoms with Gasteiger partial charge in [0.25, 0.3) is 0 Å². The fourth-order valence-corrected chi connectivity index (χ4v) is 1.29. The molecule has 12 heavy (non-hydrogen) atoms. The van der Waals surface area contributed by atoms with Gasteiger partial charge in [0.05, 0.1) is 12.2 Å². The molecule has 0 aromatic carbocycles. The minimum atomic E-state index is 0.665. The molecule has 2 N–H and O–H groups in total. The van der Waals surface area contributed by atoms with Gasteiger partial charge in [-0.3, -0.25) is 4.68 Å². The van der Waals surface area contributed by atoms with Crippen LogP contribution >= 0.6 is 0 Å². The molecule has 1 rings (SSSR count). The summed E-state index contributed by atoms with van der Waals surface area (Å²) in [6.07, 6.45) is 2.04. The summed E-state index contributed by atoms with van der Waals surface area (Å²) in [6, 6.07) is 2.16. The van der Waals surface area contributed by atoms with Crippen LogP contribution in [-0.2, 0) is 19.4 Å². The molecule has 1 aromatic rings. The zero-order valence-corrected chi connectivity index (χ0v) is 7.88. The average Bonchev–Trinajstić information content (AvgIpc) is 2.48. The van der Waals surface area contributed by atoms with E-state index >= 15 is 0 Å². The number of nitrogens with two attached hydrogens (primary N) is 1. The van der Waals surface area contributed by atoms with Crippen molar-refractivity contribution in [3.8, 4) is 0 Å². The van der Waals surface area contributed by atoms with Crippen LogP contribution in [0.4, 0.5) is 0 Å². The lowest BCUT2D eigenvalue weighted by molar-refractivity contribution is 0.590. The monoisotopic (exact) mass is 167 g/mol. The van der Waals surface area contributed by atoms with Gasteiger partial charge < -0.3 is 5.73 Å². The van der Waals surface area contributed by atoms with Gasteiger partial charge in [0.2, 0.25) is 0 Å². The highest BCUT2D eigenvalue weighted by atomic mass is 15.3. The summed E-state index contributed by atoms with van der Waals surface area (Å²) in [5.41, 5.74) is 7.93. The van der Waals surface area contributed by atoms with Gasteiger partial charge in [0, 0.05) is 12.2 Å². The molecule has 3 heteroatoms. The van der Waals surface area contributed by atoms with E-state index in [0.717, 1.165) is 19.4 Å². The quantitative estimate of drug-likeness (QED) is 0.726. The van der Waals surface area contributed by atoms with Crippen LogP contribution in [0.2, 0.25) is 0 Å². The lowest BCUT2D eigenvalue weighted by atomic mass is 10.3. The molecule has 0 saturated carbocycles. The number of aryl methyl sites for hydroxylation is 2. The standard InChI is InChI=1S/C9H17N3/c1-3-8-7-9(4-2)12(11-8)6-5-10/h7H,3-6,10H2,1-2H3. The van der Waals surface area contributed by atoms with E-state index in [1.54, 1.807) is 0 Å². The first-order valence-electron chi connectivity index (χ1n) is 4.57. The normalized spacial score (nSPS) is 10.6. The Bertz CT molecular complexity index is 240. The molecule has 0 aliphatic carbocycles. The highest BCUT2D eigenvalue weighted by Gasteiger charge is 2.02. The Balaban J connectivity index is 2.84. The minimum absolute atomic E-state index is 0.665. The lowest BCUT2D eigenvalue weighted by Gasteiger charge is -2.01. The highest BCUT2D eigenvalue weighted by molar-refractivity contribution is 5.10. The Morgan fingerprint density at radius 2 is 2.17 bits per heavy atom. The third kappa shape index (κ3) is 1.85. The summed E-state index contributed by atoms with van der Waals surface area (Å²) in [6.45, 7) is 5.76. The molecule has 0 bridgehead atoms. The molecule has 0 aliphatic heterocycles. The third-order valence-electron chi connectivity index (χ3n) is 1.98. The maximum atomic E-state index is 5.47. The minimum Gasteiger partial charge on any atom is -0.329 e. The number of nitrogens with zero attached hydrogens (tertiary/aromatic N) is 2. The van der Waals surface area contributed by atoms with Gasteiger partial charge in [-0.1, -0.05) is 13.8 Å². The van der Waals surface area contributed by atoms with E-state index in [0.29, 0.717) is 6.54 Å². The smallest absolute Gasteiger partial charge is 0.0624 e. The van der Waals surface area contributed by atoms with Gasteiger partial charge in [0.1, 0.15) is 0 Å². The van der Waals surface area contributed by atoms with E-state index < -0.39 is 0 Å². The van der Waals surface area contributed by atoms with Crippen LogP contribution in [0, 0.1) is 0 Å². The van der Waals surface area contributed by atoms with E-state index in [9.17, 15) is 0 Å². The largest absolute Gasteiger partial charge is 0.329 e. The molecule has 0 amide bonds. The number of hydrogen-bond acceptors (Lipinski definition) is 2. The van der Waals surface area contributed by atoms with E-state index in [1.807, 2.05) is 4.68 Å². The van der Waals surface area contributed by atoms with E-state index in [2.05, 4.69) is 25.0 Å². The molecule has 0 saturated heterocycles. The maximum Gasteiger partial charge on any atom is 0.0624 e. The number of aromatic nitrogens is 2. The second-order valence-corrected chi connectivity index (χ2v) is 2.85. The Hall–Kier alpha value is -0.830. The summed E-state index contributed by atoms with van der Waals surface area (Å²) in [4.78, 5) is 0. The third-order valence-corrected chi connectivity index (χ3v) is 1.98. The fourth-order valence-electron chi connectivity index (χ4n) is 1.29. The molecule has 3 nitrogen and oxygen atoms in total. The molecule has 1 aromatic heterocycles. The Morgan fingerprint density at radius 3 is 2.67 bits per heavy atom. The van der Waals surface area contributed by atoms with E-state index in [-0.39, 0.29) is 0 Å². The Kier molecular flexibility index (Phi) is 3.29. The second-order valence-electron chi connectivity index (χ2n) is 2.85. The molecule has 0 unspecified atom stereocenters. The fraction of sp³-hybridized carbons (Fsp3) is 0.667. The molecular formula is C9H17N3. The topological polar surface area (TPSA) is 43.8 Å². The summed E-state index contributed by atoms with van der Waals surface area (Å²) in [5, 5.41) is 4.43. The summed E-state index contributed by atoms with van der Waals surface area (Å²) in [7, 11) is 0. The lowest BCUT2D eigenvalue weighted by Crippen LogP contribution is -2.13. The van der Waals surface area contributed by atoms with Crippen molar-refractivity contribution in [2.45, 2.75) is 33.2 Å². The molecule has 0 spiro atoms. The van der Waals surface area contributed by atoms with Crippen molar-refractivity contribution in [3.63, 3.8) is 0 Å². The average molecular weight is 167 g/mol. The molecular weight excluding hydrogens is 150 g/mol. The van der Waals surface area contributed by atoms with Gasteiger partial charge in [-0.05, 0) is 18.9 Å². The van der Waals surface area contributed by atoms with E-state index in [4.69, 9.17) is 5.73 Å². The van der Waals surface area contributed by atoms with Crippen LogP contribution in [-0.4, -0.2) is 16.3 Å². The van der Waals surface area contributed by atoms with Gasteiger partial charge in [-0.15, -0.1) is 0 Å². The molecule has 0 atom stereocenters. The molecule has 0 fully saturated rings. The van der Waals surface area contributed by atoms with Crippen molar-refractivity contribution in [2.24, 2.45) is 5.73 Å². The second kappa shape index (κ2) is 4.26. The zero-order chi connectivity index (χ0) is 8.97. The number of hydrogen-bond donors (Lipinski definition) is 1. The summed E-state index contributed by atoms with van der Waals surface area (Å²) < 4.78 is 2.01. The first-order chi connectivity index (χ1) is 5.81. The van der Waals surface area contributed by atoms with Crippen LogP contribution in [0.5, 0.6) is 0 Å². The van der Waals surface area contributed by atoms with E-state index in [1.165, 1.54) is 11.4 Å². The molecule has 0 aliphatic rings. The van der Waals surface area contributed by atoms with Crippen LogP contribution in [0.15, 0.2) is 6.07 Å². The predicted octanol–water partition coefficient (Wildman–Crippen LogP) is 0.967. The van der Waals surface area contributed by atoms with Gasteiger partial charge in [-0.25, -0.2) is 0 Å². The van der Waals surface area contributed by atoms with Crippen LogP contribution in [0.25, 0.3) is 0 Å². The molecule has 68 valence electrons. The van der Waals surface area contributed by atoms with Crippen molar-refractivity contribution in [1.82, 2.24) is 9.78 Å². The summed E-state index contributed by atoms with van der Waals surface area (Å²) in [5.74, 6) is 0. The Labute approximate surface area is 73.6 Å². The summed E-state index contributed by atoms with van der Waals surface area (Å²) >= 11 is 0. The van der Waals surface area contributed by atoms with Gasteiger partial charge in [-0.2, -0.15) is 5.10 Å². The highest BCUT2D eigenvalue weighted by Crippen LogP contribution is 2.05. The van der Waals surface area contributed by atoms with Crippen LogP contribution < -0.4 is 5.73 Å². The first kappa shape index (κ1) is 9.26. The van der Waals surface area contributed by atoms with Gasteiger partial charge >= 0.3 is 0 Å². The van der Waals surface area contributed by atoms with Crippen LogP contribution in [0.1, 0.15) is 25.2 Å². The Morgan fingerprint density at radius 1 is 1.42 bits per heavy atom. The molecule has 1 heterocycles. The van der Waals surface area contributed by atoms with Crippen molar-refractivity contribution in [2.75, 3.05) is 6.54 Å². The van der Waals surface area contributed by atoms with Gasteiger partial charge in [0.15, 0.2) is 0 Å². The van der Waals surface area contributed by atoms with Crippen LogP contribution in [0.3, 0.4) is 0 Å². The van der Waals surface area contributed by atoms with Crippen molar-refractivity contribution in [1.29, 1.82) is 0 Å². The van der Waals surface area contributed by atoms with Crippen molar-refractivity contribution < 1.29 is 0 Å². The predicted molar refractivity (Wildman–Crippen MR) is 50.0 cm³/mol.